The van der Waals surface area contributed by atoms with E-state index in [1.807, 2.05) is 0 Å². The predicted molar refractivity (Wildman–Crippen MR) is 259 cm³/mol. The second-order valence-corrected chi connectivity index (χ2v) is 22.1. The van der Waals surface area contributed by atoms with E-state index >= 15 is 0 Å². The third-order valence-corrected chi connectivity index (χ3v) is 12.8. The molecule has 0 bridgehead atoms. The first kappa shape index (κ1) is 52.2. The lowest BCUT2D eigenvalue weighted by atomic mass is 9.87. The molecule has 0 aliphatic heterocycles. The molecule has 3 N–H and O–H groups in total. The van der Waals surface area contributed by atoms with Gasteiger partial charge in [0.15, 0.2) is 16.8 Å². The van der Waals surface area contributed by atoms with Crippen molar-refractivity contribution >= 4 is 174 Å². The number of hydrogen-bond acceptors (Lipinski definition) is 3. The molecule has 60 heavy (non-hydrogen) atoms. The van der Waals surface area contributed by atoms with Crippen LogP contribution in [0.4, 0.5) is 0 Å². The summed E-state index contributed by atoms with van der Waals surface area (Å²) in [6, 6.07) is 38.8. The topological polar surface area (TPSA) is 60.7 Å². The number of benzene rings is 6. The van der Waals surface area contributed by atoms with E-state index in [9.17, 15) is 15.3 Å². The molecule has 6 rings (SSSR count). The van der Waals surface area contributed by atoms with E-state index in [1.54, 1.807) is 146 Å². The van der Waals surface area contributed by atoms with Crippen molar-refractivity contribution in [2.75, 3.05) is 0 Å². The third-order valence-electron chi connectivity index (χ3n) is 8.80. The zero-order chi connectivity index (χ0) is 44.9. The van der Waals surface area contributed by atoms with Crippen molar-refractivity contribution in [3.8, 4) is 0 Å². The van der Waals surface area contributed by atoms with Crippen molar-refractivity contribution in [1.82, 2.24) is 0 Å². The van der Waals surface area contributed by atoms with Crippen LogP contribution in [0.15, 0.2) is 146 Å². The molecule has 0 heterocycles. The van der Waals surface area contributed by atoms with Gasteiger partial charge in [0.2, 0.25) is 11.4 Å². The minimum absolute atomic E-state index is 0.421. The Balaban J connectivity index is 0.000000198. The highest BCUT2D eigenvalue weighted by Crippen LogP contribution is 2.52. The minimum atomic E-state index is -1.96. The first-order valence-electron chi connectivity index (χ1n) is 16.7. The molecule has 318 valence electrons. The van der Waals surface area contributed by atoms with Gasteiger partial charge in [-0.25, -0.2) is 0 Å². The van der Waals surface area contributed by atoms with E-state index in [0.29, 0.717) is 63.5 Å². The molecule has 0 fully saturated rings. The summed E-state index contributed by atoms with van der Waals surface area (Å²) in [6.45, 7) is 0. The van der Waals surface area contributed by atoms with Crippen LogP contribution in [-0.4, -0.2) is 26.7 Å². The second kappa shape index (κ2) is 21.2. The number of alkyl halides is 9. The predicted octanol–water partition coefficient (Wildman–Crippen LogP) is 16.8. The first-order chi connectivity index (χ1) is 27.7. The fourth-order valence-electron chi connectivity index (χ4n) is 5.63. The van der Waals surface area contributed by atoms with Crippen LogP contribution in [0.1, 0.15) is 33.4 Å². The number of hydrogen-bond donors (Lipinski definition) is 3. The lowest BCUT2D eigenvalue weighted by Gasteiger charge is -2.35. The van der Waals surface area contributed by atoms with Crippen molar-refractivity contribution in [2.45, 2.75) is 28.2 Å². The summed E-state index contributed by atoms with van der Waals surface area (Å²) in [4.78, 5) is 0. The van der Waals surface area contributed by atoms with E-state index < -0.39 is 28.2 Å². The highest BCUT2D eigenvalue weighted by molar-refractivity contribution is 6.69. The van der Waals surface area contributed by atoms with Gasteiger partial charge in [-0.05, 0) is 106 Å². The van der Waals surface area contributed by atoms with Gasteiger partial charge in [0.1, 0.15) is 0 Å². The Morgan fingerprint density at radius 1 is 0.217 bits per heavy atom. The Bertz CT molecular complexity index is 1890. The first-order valence-corrected chi connectivity index (χ1v) is 22.4. The molecule has 0 aromatic heterocycles. The highest BCUT2D eigenvalue weighted by atomic mass is 35.6. The zero-order valence-electron chi connectivity index (χ0n) is 29.9. The van der Waals surface area contributed by atoms with Gasteiger partial charge in [-0.15, -0.1) is 0 Å². The molecular weight excluding hydrogens is 1080 g/mol. The molecule has 0 atom stereocenters. The quantitative estimate of drug-likeness (QED) is 0.146. The normalized spacial score (nSPS) is 12.5. The molecule has 6 aromatic rings. The summed E-state index contributed by atoms with van der Waals surface area (Å²) in [5.74, 6) is 0. The average Bonchev–Trinajstić information content (AvgIpc) is 3.18. The Hall–Kier alpha value is -0.450. The molecule has 0 radical (unpaired) electrons. The van der Waals surface area contributed by atoms with Gasteiger partial charge in [0, 0.05) is 30.1 Å². The summed E-state index contributed by atoms with van der Waals surface area (Å²) >= 11 is 89.1. The fraction of sp³-hybridized carbons (Fsp3) is 0.143. The van der Waals surface area contributed by atoms with Gasteiger partial charge < -0.3 is 15.3 Å². The second-order valence-electron chi connectivity index (χ2n) is 12.7. The maximum absolute atomic E-state index is 11.0. The maximum atomic E-state index is 11.0. The molecule has 0 aliphatic rings. The van der Waals surface area contributed by atoms with E-state index in [2.05, 4.69) is 0 Å². The van der Waals surface area contributed by atoms with E-state index in [-0.39, 0.29) is 0 Å². The Kier molecular flexibility index (Phi) is 18.5. The third kappa shape index (κ3) is 12.3. The standard InChI is InChI=1S/3C14H9Cl5O/c3*15-11-5-1-9(2-6-11)13(20,14(17,18)19)10-3-7-12(16)8-4-10/h3*1-8,20H. The van der Waals surface area contributed by atoms with Crippen molar-refractivity contribution < 1.29 is 15.3 Å². The maximum Gasteiger partial charge on any atom is 0.227 e. The van der Waals surface area contributed by atoms with Crippen molar-refractivity contribution in [3.63, 3.8) is 0 Å². The van der Waals surface area contributed by atoms with Crippen molar-refractivity contribution in [1.29, 1.82) is 0 Å². The molecule has 0 aliphatic carbocycles. The van der Waals surface area contributed by atoms with Crippen LogP contribution in [0.5, 0.6) is 0 Å². The molecule has 3 nitrogen and oxygen atoms in total. The SMILES string of the molecule is OC(c1ccc(Cl)cc1)(c1ccc(Cl)cc1)C(Cl)(Cl)Cl.OC(c1ccc(Cl)cc1)(c1ccc(Cl)cc1)C(Cl)(Cl)Cl.OC(c1ccc(Cl)cc1)(c1ccc(Cl)cc1)C(Cl)(Cl)Cl. The van der Waals surface area contributed by atoms with E-state index in [0.717, 1.165) is 0 Å². The molecule has 0 spiro atoms. The monoisotopic (exact) mass is 1100 g/mol. The van der Waals surface area contributed by atoms with Crippen molar-refractivity contribution in [2.24, 2.45) is 0 Å². The summed E-state index contributed by atoms with van der Waals surface area (Å²) in [5, 5.41) is 36.1. The average molecular weight is 1110 g/mol. The lowest BCUT2D eigenvalue weighted by molar-refractivity contribution is 0.0847. The lowest BCUT2D eigenvalue weighted by Crippen LogP contribution is -2.41. The molecule has 18 heteroatoms. The van der Waals surface area contributed by atoms with Gasteiger partial charge in [-0.2, -0.15) is 0 Å². The van der Waals surface area contributed by atoms with Crippen LogP contribution in [0.2, 0.25) is 30.1 Å². The van der Waals surface area contributed by atoms with E-state index in [4.69, 9.17) is 174 Å². The van der Waals surface area contributed by atoms with Crippen LogP contribution in [0.3, 0.4) is 0 Å². The fourth-order valence-corrected chi connectivity index (χ4v) is 8.35. The largest absolute Gasteiger partial charge is 0.376 e. The van der Waals surface area contributed by atoms with Crippen LogP contribution in [0.25, 0.3) is 0 Å². The molecule has 0 unspecified atom stereocenters. The highest BCUT2D eigenvalue weighted by Gasteiger charge is 2.52. The van der Waals surface area contributed by atoms with Gasteiger partial charge in [-0.3, -0.25) is 0 Å². The molecule has 0 amide bonds. The van der Waals surface area contributed by atoms with Crippen LogP contribution < -0.4 is 0 Å². The minimum Gasteiger partial charge on any atom is -0.376 e. The summed E-state index contributed by atoms with van der Waals surface area (Å²) in [7, 11) is 0. The summed E-state index contributed by atoms with van der Waals surface area (Å²) < 4.78 is -5.89. The Morgan fingerprint density at radius 3 is 0.400 bits per heavy atom. The number of rotatable bonds is 6. The number of halogens is 15. The van der Waals surface area contributed by atoms with E-state index in [1.165, 1.54) is 0 Å². The Labute approximate surface area is 422 Å². The Morgan fingerprint density at radius 2 is 0.317 bits per heavy atom. The molecule has 0 saturated heterocycles. The molecule has 0 saturated carbocycles. The van der Waals surface area contributed by atoms with Crippen LogP contribution >= 0.6 is 174 Å². The zero-order valence-corrected chi connectivity index (χ0v) is 41.2. The van der Waals surface area contributed by atoms with Crippen LogP contribution in [0, 0.1) is 0 Å². The van der Waals surface area contributed by atoms with Crippen molar-refractivity contribution in [3.05, 3.63) is 209 Å². The van der Waals surface area contributed by atoms with Gasteiger partial charge in [0.25, 0.3) is 0 Å². The molecular formula is C42H27Cl15O3. The summed E-state index contributed by atoms with van der Waals surface area (Å²) in [6.07, 6.45) is 0. The van der Waals surface area contributed by atoms with Gasteiger partial charge >= 0.3 is 0 Å². The summed E-state index contributed by atoms with van der Waals surface area (Å²) in [5.41, 5.74) is -2.91. The van der Waals surface area contributed by atoms with Gasteiger partial charge in [0.05, 0.1) is 0 Å². The molecule has 6 aromatic carbocycles. The van der Waals surface area contributed by atoms with Gasteiger partial charge in [-0.1, -0.05) is 247 Å². The van der Waals surface area contributed by atoms with Crippen LogP contribution in [-0.2, 0) is 16.8 Å². The smallest absolute Gasteiger partial charge is 0.227 e. The number of aliphatic hydroxyl groups is 3.